The fourth-order valence-corrected chi connectivity index (χ4v) is 0. The van der Waals surface area contributed by atoms with Gasteiger partial charge in [-0.15, -0.1) is 0 Å². The van der Waals surface area contributed by atoms with Crippen molar-refractivity contribution in [3.05, 3.63) is 5.73 Å². The van der Waals surface area contributed by atoms with Crippen molar-refractivity contribution in [2.45, 2.75) is 0 Å². The van der Waals surface area contributed by atoms with Gasteiger partial charge in [-0.25, -0.2) is 0 Å². The van der Waals surface area contributed by atoms with E-state index >= 15 is 0 Å². The Kier molecular flexibility index (Phi) is 19.9. The molecule has 0 aliphatic rings. The number of rotatable bonds is 0. The van der Waals surface area contributed by atoms with Crippen LogP contribution in [0.5, 0.6) is 0 Å². The molecule has 18 valence electrons. The average Bonchev–Trinajstić information content (AvgIpc) is 0.918. The molecule has 0 atom stereocenters. The van der Waals surface area contributed by atoms with Crippen LogP contribution in [-0.4, -0.2) is 6.41 Å². The molecule has 1 amide bonds. The van der Waals surface area contributed by atoms with E-state index in [1.165, 1.54) is 0 Å². The molecule has 0 radical (unpaired) electrons. The van der Waals surface area contributed by atoms with Crippen molar-refractivity contribution in [1.29, 1.82) is 0 Å². The third-order valence-corrected chi connectivity index (χ3v) is 0. The number of carbonyl (C=O) groups is 1. The topological polar surface area (TPSA) is 40.9 Å². The summed E-state index contributed by atoms with van der Waals surface area (Å²) in [6, 6.07) is 0. The molecule has 0 bridgehead atoms. The zero-order valence-electron chi connectivity index (χ0n) is 2.49. The number of amides is 1. The van der Waals surface area contributed by atoms with E-state index < -0.39 is 0 Å². The molecule has 0 aliphatic heterocycles. The molecule has 0 spiro atoms. The first-order chi connectivity index (χ1) is 1.41. The molecule has 0 aromatic heterocycles. The summed E-state index contributed by atoms with van der Waals surface area (Å²) in [7, 11) is 0. The minimum Gasteiger partial charge on any atom is -0.671 e. The monoisotopic (exact) mass is 83.0 g/mol. The van der Waals surface area contributed by atoms with Gasteiger partial charge in [0, 0.05) is 6.41 Å². The van der Waals surface area contributed by atoms with Crippen molar-refractivity contribution in [2.24, 2.45) is 0 Å². The maximum Gasteiger partial charge on any atom is 1.00 e. The summed E-state index contributed by atoms with van der Waals surface area (Å²) in [4.78, 5) is 8.47. The van der Waals surface area contributed by atoms with Crippen LogP contribution in [0, 0.1) is 0 Å². The van der Waals surface area contributed by atoms with Crippen molar-refractivity contribution >= 4 is 6.41 Å². The molecular formula is CH2KNO. The Labute approximate surface area is 67.2 Å². The normalized spacial score (nSPS) is 3.00. The van der Waals surface area contributed by atoms with Gasteiger partial charge >= 0.3 is 51.4 Å². The molecule has 3 heteroatoms. The Hall–Kier alpha value is 1.11. The molecular weight excluding hydrogens is 81.1 g/mol. The van der Waals surface area contributed by atoms with Crippen LogP contribution < -0.4 is 51.4 Å². The fraction of sp³-hybridized carbons (Fsp3) is 0. The van der Waals surface area contributed by atoms with Crippen LogP contribution in [0.1, 0.15) is 0 Å². The molecule has 0 unspecified atom stereocenters. The van der Waals surface area contributed by atoms with Gasteiger partial charge in [0.15, 0.2) is 0 Å². The van der Waals surface area contributed by atoms with Crippen LogP contribution >= 0.6 is 0 Å². The van der Waals surface area contributed by atoms with Crippen molar-refractivity contribution in [3.8, 4) is 0 Å². The first kappa shape index (κ1) is 8.92. The quantitative estimate of drug-likeness (QED) is 0.230. The Morgan fingerprint density at radius 2 is 1.75 bits per heavy atom. The van der Waals surface area contributed by atoms with Crippen molar-refractivity contribution < 1.29 is 56.2 Å². The molecule has 4 heavy (non-hydrogen) atoms. The maximum absolute atomic E-state index is 8.47. The van der Waals surface area contributed by atoms with Gasteiger partial charge in [-0.05, 0) is 0 Å². The first-order valence-corrected chi connectivity index (χ1v) is 0.524. The number of carbonyl (C=O) groups excluding carboxylic acids is 1. The predicted molar refractivity (Wildman–Crippen MR) is 10.4 cm³/mol. The Bertz CT molecular complexity index is 15.5. The largest absolute Gasteiger partial charge is 1.00 e. The van der Waals surface area contributed by atoms with E-state index in [1.54, 1.807) is 0 Å². The van der Waals surface area contributed by atoms with Gasteiger partial charge in [0.1, 0.15) is 0 Å². The second-order valence-electron chi connectivity index (χ2n) is 0.118. The van der Waals surface area contributed by atoms with E-state index in [-0.39, 0.29) is 57.8 Å². The molecule has 0 rings (SSSR count). The molecule has 2 nitrogen and oxygen atoms in total. The van der Waals surface area contributed by atoms with Gasteiger partial charge in [-0.1, -0.05) is 0 Å². The number of hydrogen-bond acceptors (Lipinski definition) is 1. The Morgan fingerprint density at radius 1 is 1.75 bits per heavy atom. The Balaban J connectivity index is 0. The van der Waals surface area contributed by atoms with Gasteiger partial charge in [0.2, 0.25) is 0 Å². The van der Waals surface area contributed by atoms with Crippen molar-refractivity contribution in [3.63, 3.8) is 0 Å². The smallest absolute Gasteiger partial charge is 0.671 e. The van der Waals surface area contributed by atoms with Crippen LogP contribution in [0.15, 0.2) is 0 Å². The van der Waals surface area contributed by atoms with Crippen molar-refractivity contribution in [2.75, 3.05) is 0 Å². The third kappa shape index (κ3) is 11.3. The van der Waals surface area contributed by atoms with Crippen LogP contribution in [0.4, 0.5) is 0 Å². The van der Waals surface area contributed by atoms with Gasteiger partial charge in [-0.3, -0.25) is 0 Å². The summed E-state index contributed by atoms with van der Waals surface area (Å²) < 4.78 is 0. The van der Waals surface area contributed by atoms with E-state index in [0.717, 1.165) is 0 Å². The van der Waals surface area contributed by atoms with Gasteiger partial charge in [-0.2, -0.15) is 0 Å². The van der Waals surface area contributed by atoms with Crippen LogP contribution in [-0.2, 0) is 4.79 Å². The summed E-state index contributed by atoms with van der Waals surface area (Å²) in [6.07, 6.45) is 0. The van der Waals surface area contributed by atoms with E-state index in [2.05, 4.69) is 0 Å². The van der Waals surface area contributed by atoms with E-state index in [9.17, 15) is 0 Å². The Morgan fingerprint density at radius 3 is 1.75 bits per heavy atom. The summed E-state index contributed by atoms with van der Waals surface area (Å²) in [5.41, 5.74) is 5.53. The SMILES string of the molecule is [K+].[NH-]C=O. The van der Waals surface area contributed by atoms with E-state index in [0.29, 0.717) is 0 Å². The zero-order chi connectivity index (χ0) is 2.71. The van der Waals surface area contributed by atoms with Crippen LogP contribution in [0.25, 0.3) is 5.73 Å². The molecule has 0 heterocycles. The molecule has 0 aromatic rings. The standard InChI is InChI=1S/CH3NO.K/c2-1-3;/h1H,(H2,2,3);/q;+1/p-1. The third-order valence-electron chi connectivity index (χ3n) is 0. The van der Waals surface area contributed by atoms with Crippen LogP contribution in [0.3, 0.4) is 0 Å². The van der Waals surface area contributed by atoms with Gasteiger partial charge in [0.25, 0.3) is 0 Å². The summed E-state index contributed by atoms with van der Waals surface area (Å²) in [5, 5.41) is 0. The van der Waals surface area contributed by atoms with Gasteiger partial charge < -0.3 is 10.5 Å². The molecule has 0 saturated carbocycles. The molecule has 1 N–H and O–H groups in total. The maximum atomic E-state index is 8.47. The minimum atomic E-state index is 0. The van der Waals surface area contributed by atoms with E-state index in [4.69, 9.17) is 10.5 Å². The molecule has 0 saturated heterocycles. The summed E-state index contributed by atoms with van der Waals surface area (Å²) in [5.74, 6) is 0. The summed E-state index contributed by atoms with van der Waals surface area (Å²) >= 11 is 0. The van der Waals surface area contributed by atoms with Crippen LogP contribution in [0.2, 0.25) is 0 Å². The number of hydrogen-bond donors (Lipinski definition) is 0. The molecule has 0 aromatic carbocycles. The predicted octanol–water partition coefficient (Wildman–Crippen LogP) is -2.80. The summed E-state index contributed by atoms with van der Waals surface area (Å²) in [6.45, 7) is 0. The first-order valence-electron chi connectivity index (χ1n) is 0.524. The fourth-order valence-electron chi connectivity index (χ4n) is 0. The minimum absolute atomic E-state index is 0. The van der Waals surface area contributed by atoms with Crippen molar-refractivity contribution in [1.82, 2.24) is 0 Å². The second-order valence-corrected chi connectivity index (χ2v) is 0.118. The van der Waals surface area contributed by atoms with Gasteiger partial charge in [0.05, 0.1) is 0 Å². The van der Waals surface area contributed by atoms with E-state index in [1.807, 2.05) is 0 Å². The zero-order valence-corrected chi connectivity index (χ0v) is 5.61. The average molecular weight is 83.1 g/mol. The molecule has 0 aliphatic carbocycles. The second kappa shape index (κ2) is 8.93. The number of nitrogens with one attached hydrogen (secondary N) is 1. The molecule has 0 fully saturated rings.